The number of carbonyl (C=O) groups excluding carboxylic acids is 2. The van der Waals surface area contributed by atoms with E-state index in [0.29, 0.717) is 11.1 Å². The highest BCUT2D eigenvalue weighted by Gasteiger charge is 2.48. The van der Waals surface area contributed by atoms with Crippen LogP contribution in [0.5, 0.6) is 5.75 Å². The fraction of sp³-hybridized carbons (Fsp3) is 0.286. The predicted molar refractivity (Wildman–Crippen MR) is 127 cm³/mol. The van der Waals surface area contributed by atoms with Crippen molar-refractivity contribution in [2.75, 3.05) is 7.11 Å². The van der Waals surface area contributed by atoms with Crippen LogP contribution in [0.1, 0.15) is 58.1 Å². The van der Waals surface area contributed by atoms with Gasteiger partial charge >= 0.3 is 0 Å². The molecule has 5 rings (SSSR count). The standard InChI is InChI=1S/C28H28N2O3/c1-33-25-17-15-20(16-18-25)26-29(27(31)21-9-4-2-5-10-21)23-13-8-14-24(19-23)30(26)28(32)22-11-6-3-7-12-22/h2-7,9-12,15-18,23-24,26H,8,13-14,19H2,1H3. The van der Waals surface area contributed by atoms with E-state index < -0.39 is 6.17 Å². The van der Waals surface area contributed by atoms with Crippen LogP contribution in [0, 0.1) is 0 Å². The summed E-state index contributed by atoms with van der Waals surface area (Å²) in [5.41, 5.74) is 2.21. The van der Waals surface area contributed by atoms with Gasteiger partial charge in [0.15, 0.2) is 0 Å². The molecule has 3 aromatic rings. The summed E-state index contributed by atoms with van der Waals surface area (Å²) < 4.78 is 5.36. The van der Waals surface area contributed by atoms with Crippen molar-refractivity contribution in [3.05, 3.63) is 102 Å². The highest BCUT2D eigenvalue weighted by molar-refractivity contribution is 5.97. The Balaban J connectivity index is 1.63. The first kappa shape index (κ1) is 21.3. The van der Waals surface area contributed by atoms with E-state index in [9.17, 15) is 9.59 Å². The Morgan fingerprint density at radius 1 is 0.727 bits per heavy atom. The molecule has 0 spiro atoms. The number of amides is 2. The van der Waals surface area contributed by atoms with E-state index in [1.807, 2.05) is 94.7 Å². The zero-order chi connectivity index (χ0) is 22.8. The first-order valence-electron chi connectivity index (χ1n) is 11.6. The van der Waals surface area contributed by atoms with Crippen LogP contribution in [0.3, 0.4) is 0 Å². The van der Waals surface area contributed by atoms with Crippen molar-refractivity contribution in [1.82, 2.24) is 9.80 Å². The summed E-state index contributed by atoms with van der Waals surface area (Å²) in [4.78, 5) is 31.7. The second-order valence-corrected chi connectivity index (χ2v) is 8.78. The summed E-state index contributed by atoms with van der Waals surface area (Å²) in [5, 5.41) is 0. The quantitative estimate of drug-likeness (QED) is 0.553. The molecule has 2 amide bonds. The smallest absolute Gasteiger partial charge is 0.256 e. The number of carbonyl (C=O) groups is 2. The van der Waals surface area contributed by atoms with Gasteiger partial charge in [-0.3, -0.25) is 9.59 Å². The van der Waals surface area contributed by atoms with Crippen molar-refractivity contribution < 1.29 is 14.3 Å². The van der Waals surface area contributed by atoms with Gasteiger partial charge in [0.2, 0.25) is 0 Å². The molecule has 2 bridgehead atoms. The van der Waals surface area contributed by atoms with Gasteiger partial charge < -0.3 is 14.5 Å². The number of benzene rings is 3. The first-order chi connectivity index (χ1) is 16.2. The molecule has 0 N–H and O–H groups in total. The Kier molecular flexibility index (Phi) is 5.86. The van der Waals surface area contributed by atoms with Crippen molar-refractivity contribution in [3.63, 3.8) is 0 Å². The highest BCUT2D eigenvalue weighted by atomic mass is 16.5. The van der Waals surface area contributed by atoms with Crippen LogP contribution in [0.2, 0.25) is 0 Å². The number of rotatable bonds is 4. The summed E-state index contributed by atoms with van der Waals surface area (Å²) >= 11 is 0. The molecule has 1 aliphatic carbocycles. The van der Waals surface area contributed by atoms with Crippen molar-refractivity contribution in [3.8, 4) is 5.75 Å². The zero-order valence-corrected chi connectivity index (χ0v) is 18.8. The fourth-order valence-electron chi connectivity index (χ4n) is 5.29. The van der Waals surface area contributed by atoms with Gasteiger partial charge in [-0.1, -0.05) is 48.5 Å². The maximum Gasteiger partial charge on any atom is 0.256 e. The van der Waals surface area contributed by atoms with Crippen LogP contribution in [0.4, 0.5) is 0 Å². The molecule has 1 heterocycles. The summed E-state index contributed by atoms with van der Waals surface area (Å²) in [6.07, 6.45) is 3.25. The lowest BCUT2D eigenvalue weighted by Crippen LogP contribution is -2.62. The van der Waals surface area contributed by atoms with Crippen LogP contribution in [-0.4, -0.2) is 40.8 Å². The number of hydrogen-bond donors (Lipinski definition) is 0. The first-order valence-corrected chi connectivity index (χ1v) is 11.6. The topological polar surface area (TPSA) is 49.9 Å². The van der Waals surface area contributed by atoms with E-state index in [0.717, 1.165) is 37.0 Å². The van der Waals surface area contributed by atoms with Crippen LogP contribution >= 0.6 is 0 Å². The third kappa shape index (κ3) is 3.99. The monoisotopic (exact) mass is 440 g/mol. The molecule has 5 heteroatoms. The molecule has 3 aromatic carbocycles. The molecule has 2 unspecified atom stereocenters. The summed E-state index contributed by atoms with van der Waals surface area (Å²) in [6.45, 7) is 0. The Morgan fingerprint density at radius 2 is 1.21 bits per heavy atom. The van der Waals surface area contributed by atoms with E-state index >= 15 is 0 Å². The largest absolute Gasteiger partial charge is 0.497 e. The predicted octanol–water partition coefficient (Wildman–Crippen LogP) is 5.30. The molecular weight excluding hydrogens is 412 g/mol. The maximum atomic E-state index is 13.9. The molecule has 1 aliphatic heterocycles. The molecule has 168 valence electrons. The fourth-order valence-corrected chi connectivity index (χ4v) is 5.29. The number of hydrogen-bond acceptors (Lipinski definition) is 3. The number of methoxy groups -OCH3 is 1. The summed E-state index contributed by atoms with van der Waals surface area (Å²) in [5.74, 6) is 0.678. The maximum absolute atomic E-state index is 13.9. The van der Waals surface area contributed by atoms with Crippen molar-refractivity contribution in [2.24, 2.45) is 0 Å². The van der Waals surface area contributed by atoms with E-state index in [1.165, 1.54) is 0 Å². The van der Waals surface area contributed by atoms with Crippen molar-refractivity contribution in [1.29, 1.82) is 0 Å². The Labute approximate surface area is 194 Å². The second-order valence-electron chi connectivity index (χ2n) is 8.78. The average molecular weight is 441 g/mol. The zero-order valence-electron chi connectivity index (χ0n) is 18.8. The molecule has 0 radical (unpaired) electrons. The lowest BCUT2D eigenvalue weighted by atomic mass is 9.83. The van der Waals surface area contributed by atoms with Crippen LogP contribution in [0.15, 0.2) is 84.9 Å². The van der Waals surface area contributed by atoms with Crippen LogP contribution < -0.4 is 4.74 Å². The van der Waals surface area contributed by atoms with Gasteiger partial charge in [0.05, 0.1) is 7.11 Å². The minimum absolute atomic E-state index is 0.0346. The number of ether oxygens (including phenoxy) is 1. The van der Waals surface area contributed by atoms with Gasteiger partial charge in [0, 0.05) is 23.2 Å². The normalized spacial score (nSPS) is 22.0. The van der Waals surface area contributed by atoms with E-state index in [1.54, 1.807) is 7.11 Å². The Bertz CT molecular complexity index is 1050. The molecular formula is C28H28N2O3. The highest BCUT2D eigenvalue weighted by Crippen LogP contribution is 2.43. The van der Waals surface area contributed by atoms with Gasteiger partial charge in [0.1, 0.15) is 11.9 Å². The third-order valence-electron chi connectivity index (χ3n) is 6.86. The van der Waals surface area contributed by atoms with Gasteiger partial charge in [-0.15, -0.1) is 0 Å². The van der Waals surface area contributed by atoms with Gasteiger partial charge in [-0.05, 0) is 67.6 Å². The number of nitrogens with zero attached hydrogens (tertiary/aromatic N) is 2. The molecule has 5 nitrogen and oxygen atoms in total. The van der Waals surface area contributed by atoms with Gasteiger partial charge in [-0.25, -0.2) is 0 Å². The average Bonchev–Trinajstić information content (AvgIpc) is 2.89. The van der Waals surface area contributed by atoms with Crippen molar-refractivity contribution in [2.45, 2.75) is 43.9 Å². The SMILES string of the molecule is COc1ccc(C2N(C(=O)c3ccccc3)C3CCCC(C3)N2C(=O)c2ccccc2)cc1. The minimum Gasteiger partial charge on any atom is -0.497 e. The summed E-state index contributed by atoms with van der Waals surface area (Å²) in [6, 6.07) is 26.7. The van der Waals surface area contributed by atoms with E-state index in [2.05, 4.69) is 0 Å². The minimum atomic E-state index is -0.472. The number of fused-ring (bicyclic) bond motifs is 2. The van der Waals surface area contributed by atoms with Crippen LogP contribution in [0.25, 0.3) is 0 Å². The molecule has 33 heavy (non-hydrogen) atoms. The lowest BCUT2D eigenvalue weighted by molar-refractivity contribution is -0.0542. The Hall–Kier alpha value is -3.60. The van der Waals surface area contributed by atoms with Gasteiger partial charge in [-0.2, -0.15) is 0 Å². The molecule has 2 aliphatic rings. The molecule has 0 aromatic heterocycles. The lowest BCUT2D eigenvalue weighted by Gasteiger charge is -2.54. The molecule has 2 fully saturated rings. The van der Waals surface area contributed by atoms with Crippen molar-refractivity contribution >= 4 is 11.8 Å². The van der Waals surface area contributed by atoms with Crippen LogP contribution in [-0.2, 0) is 0 Å². The van der Waals surface area contributed by atoms with E-state index in [4.69, 9.17) is 4.74 Å². The summed E-state index contributed by atoms with van der Waals surface area (Å²) in [7, 11) is 1.64. The Morgan fingerprint density at radius 3 is 1.67 bits per heavy atom. The van der Waals surface area contributed by atoms with E-state index in [-0.39, 0.29) is 23.9 Å². The molecule has 1 saturated carbocycles. The van der Waals surface area contributed by atoms with Gasteiger partial charge in [0.25, 0.3) is 11.8 Å². The third-order valence-corrected chi connectivity index (χ3v) is 6.86. The molecule has 2 atom stereocenters. The second kappa shape index (κ2) is 9.10. The molecule has 1 saturated heterocycles.